The van der Waals surface area contributed by atoms with Crippen molar-refractivity contribution in [2.75, 3.05) is 7.11 Å². The van der Waals surface area contributed by atoms with E-state index in [4.69, 9.17) is 4.74 Å². The van der Waals surface area contributed by atoms with Crippen molar-refractivity contribution in [3.63, 3.8) is 0 Å². The van der Waals surface area contributed by atoms with Crippen LogP contribution in [0.15, 0.2) is 41.5 Å². The Bertz CT molecular complexity index is 640. The summed E-state index contributed by atoms with van der Waals surface area (Å²) in [5.41, 5.74) is 1.17. The first kappa shape index (κ1) is 13.1. The van der Waals surface area contributed by atoms with Gasteiger partial charge in [0.2, 0.25) is 0 Å². The second kappa shape index (κ2) is 5.56. The van der Waals surface area contributed by atoms with Gasteiger partial charge >= 0.3 is 11.7 Å². The molecule has 19 heavy (non-hydrogen) atoms. The Kier molecular flexibility index (Phi) is 3.85. The van der Waals surface area contributed by atoms with Gasteiger partial charge in [-0.05, 0) is 18.6 Å². The van der Waals surface area contributed by atoms with Crippen LogP contribution < -0.4 is 5.69 Å². The summed E-state index contributed by atoms with van der Waals surface area (Å²) in [7, 11) is 1.35. The van der Waals surface area contributed by atoms with E-state index in [1.807, 2.05) is 19.1 Å². The number of esters is 1. The first-order valence-electron chi connectivity index (χ1n) is 6.09. The number of nitrogens with zero attached hydrogens (tertiary/aromatic N) is 2. The van der Waals surface area contributed by atoms with Crippen LogP contribution in [0.5, 0.6) is 0 Å². The van der Waals surface area contributed by atoms with E-state index in [2.05, 4.69) is 0 Å². The van der Waals surface area contributed by atoms with Gasteiger partial charge < -0.3 is 4.74 Å². The third kappa shape index (κ3) is 2.59. The number of imidazole rings is 1. The number of hydrogen-bond donors (Lipinski definition) is 0. The lowest BCUT2D eigenvalue weighted by atomic mass is 10.1. The lowest BCUT2D eigenvalue weighted by Gasteiger charge is -2.07. The van der Waals surface area contributed by atoms with Crippen LogP contribution in [0.3, 0.4) is 0 Å². The molecule has 2 rings (SSSR count). The van der Waals surface area contributed by atoms with Crippen molar-refractivity contribution in [3.8, 4) is 0 Å². The van der Waals surface area contributed by atoms with E-state index in [-0.39, 0.29) is 5.69 Å². The fourth-order valence-corrected chi connectivity index (χ4v) is 1.97. The molecule has 1 heterocycles. The average molecular weight is 260 g/mol. The Morgan fingerprint density at radius 3 is 2.53 bits per heavy atom. The number of benzene rings is 1. The van der Waals surface area contributed by atoms with Crippen molar-refractivity contribution in [2.24, 2.45) is 0 Å². The summed E-state index contributed by atoms with van der Waals surface area (Å²) >= 11 is 0. The van der Waals surface area contributed by atoms with Crippen molar-refractivity contribution < 1.29 is 9.53 Å². The van der Waals surface area contributed by atoms with E-state index in [9.17, 15) is 9.59 Å². The molecule has 0 saturated carbocycles. The molecule has 1 aromatic heterocycles. The van der Waals surface area contributed by atoms with Gasteiger partial charge in [-0.3, -0.25) is 9.13 Å². The summed E-state index contributed by atoms with van der Waals surface area (Å²) in [5, 5.41) is 0. The van der Waals surface area contributed by atoms with E-state index in [1.54, 1.807) is 33.7 Å². The Morgan fingerprint density at radius 2 is 1.89 bits per heavy atom. The summed E-state index contributed by atoms with van der Waals surface area (Å²) in [4.78, 5) is 23.6. The molecule has 0 spiro atoms. The number of rotatable bonds is 4. The maximum Gasteiger partial charge on any atom is 0.338 e. The van der Waals surface area contributed by atoms with Crippen molar-refractivity contribution in [1.29, 1.82) is 0 Å². The summed E-state index contributed by atoms with van der Waals surface area (Å²) in [6.07, 6.45) is 3.46. The zero-order valence-electron chi connectivity index (χ0n) is 11.0. The van der Waals surface area contributed by atoms with Crippen LogP contribution in [0.25, 0.3) is 0 Å². The molecule has 0 bridgehead atoms. The van der Waals surface area contributed by atoms with Crippen LogP contribution in [-0.2, 0) is 17.8 Å². The molecular formula is C14H16N2O3. The van der Waals surface area contributed by atoms with Gasteiger partial charge in [-0.25, -0.2) is 9.59 Å². The van der Waals surface area contributed by atoms with Gasteiger partial charge in [0.15, 0.2) is 0 Å². The third-order valence-corrected chi connectivity index (χ3v) is 3.02. The molecule has 0 N–H and O–H groups in total. The van der Waals surface area contributed by atoms with Gasteiger partial charge in [0.1, 0.15) is 0 Å². The maximum absolute atomic E-state index is 12.0. The molecule has 0 fully saturated rings. The smallest absolute Gasteiger partial charge is 0.338 e. The second-order valence-corrected chi connectivity index (χ2v) is 4.14. The Morgan fingerprint density at radius 1 is 1.21 bits per heavy atom. The highest BCUT2D eigenvalue weighted by atomic mass is 16.5. The number of methoxy groups -OCH3 is 1. The Hall–Kier alpha value is -2.30. The SMILES string of the molecule is CCn1ccn(Cc2ccccc2C(=O)OC)c1=O. The highest BCUT2D eigenvalue weighted by Crippen LogP contribution is 2.11. The van der Waals surface area contributed by atoms with Crippen molar-refractivity contribution in [2.45, 2.75) is 20.0 Å². The molecule has 0 radical (unpaired) electrons. The zero-order chi connectivity index (χ0) is 13.8. The number of carbonyl (C=O) groups excluding carboxylic acids is 1. The monoisotopic (exact) mass is 260 g/mol. The summed E-state index contributed by atoms with van der Waals surface area (Å²) < 4.78 is 7.93. The minimum Gasteiger partial charge on any atom is -0.465 e. The van der Waals surface area contributed by atoms with E-state index < -0.39 is 5.97 Å². The van der Waals surface area contributed by atoms with Crippen LogP contribution in [0, 0.1) is 0 Å². The van der Waals surface area contributed by atoms with Gasteiger partial charge in [0.05, 0.1) is 19.2 Å². The molecule has 0 unspecified atom stereocenters. The van der Waals surface area contributed by atoms with Crippen molar-refractivity contribution >= 4 is 5.97 Å². The molecule has 100 valence electrons. The maximum atomic E-state index is 12.0. The van der Waals surface area contributed by atoms with E-state index in [0.717, 1.165) is 5.56 Å². The van der Waals surface area contributed by atoms with Crippen LogP contribution >= 0.6 is 0 Å². The van der Waals surface area contributed by atoms with Crippen LogP contribution in [0.4, 0.5) is 0 Å². The van der Waals surface area contributed by atoms with Gasteiger partial charge in [-0.2, -0.15) is 0 Å². The Labute approximate surface area is 111 Å². The molecule has 0 amide bonds. The predicted molar refractivity (Wildman–Crippen MR) is 71.2 cm³/mol. The predicted octanol–water partition coefficient (Wildman–Crippen LogP) is 1.50. The summed E-state index contributed by atoms with van der Waals surface area (Å²) in [6, 6.07) is 7.13. The van der Waals surface area contributed by atoms with Crippen LogP contribution in [0.2, 0.25) is 0 Å². The minimum atomic E-state index is -0.390. The molecule has 1 aromatic carbocycles. The van der Waals surface area contributed by atoms with Gasteiger partial charge in [-0.15, -0.1) is 0 Å². The van der Waals surface area contributed by atoms with Crippen molar-refractivity contribution in [1.82, 2.24) is 9.13 Å². The van der Waals surface area contributed by atoms with E-state index in [1.165, 1.54) is 7.11 Å². The molecule has 0 saturated heterocycles. The van der Waals surface area contributed by atoms with Gasteiger partial charge in [0, 0.05) is 18.9 Å². The molecule has 2 aromatic rings. The minimum absolute atomic E-state index is 0.0813. The molecule has 0 atom stereocenters. The molecule has 5 heteroatoms. The average Bonchev–Trinajstić information content (AvgIpc) is 2.79. The first-order valence-corrected chi connectivity index (χ1v) is 6.09. The summed E-state index contributed by atoms with van der Waals surface area (Å²) in [5.74, 6) is -0.390. The second-order valence-electron chi connectivity index (χ2n) is 4.14. The third-order valence-electron chi connectivity index (χ3n) is 3.02. The topological polar surface area (TPSA) is 53.2 Å². The Balaban J connectivity index is 2.36. The van der Waals surface area contributed by atoms with Gasteiger partial charge in [-0.1, -0.05) is 18.2 Å². The molecular weight excluding hydrogens is 244 g/mol. The number of ether oxygens (including phenoxy) is 1. The highest BCUT2D eigenvalue weighted by molar-refractivity contribution is 5.90. The lowest BCUT2D eigenvalue weighted by molar-refractivity contribution is 0.0599. The molecule has 0 aliphatic heterocycles. The standard InChI is InChI=1S/C14H16N2O3/c1-3-15-8-9-16(14(15)18)10-11-6-4-5-7-12(11)13(17)19-2/h4-9H,3,10H2,1-2H3. The van der Waals surface area contributed by atoms with Crippen LogP contribution in [0.1, 0.15) is 22.8 Å². The van der Waals surface area contributed by atoms with Crippen LogP contribution in [-0.4, -0.2) is 22.2 Å². The summed E-state index contributed by atoms with van der Waals surface area (Å²) in [6.45, 7) is 2.90. The van der Waals surface area contributed by atoms with Crippen molar-refractivity contribution in [3.05, 3.63) is 58.3 Å². The fourth-order valence-electron chi connectivity index (χ4n) is 1.97. The van der Waals surface area contributed by atoms with Gasteiger partial charge in [0.25, 0.3) is 0 Å². The first-order chi connectivity index (χ1) is 9.17. The number of hydrogen-bond acceptors (Lipinski definition) is 3. The fraction of sp³-hybridized carbons (Fsp3) is 0.286. The lowest BCUT2D eigenvalue weighted by Crippen LogP contribution is -2.24. The highest BCUT2D eigenvalue weighted by Gasteiger charge is 2.12. The number of carbonyl (C=O) groups is 1. The largest absolute Gasteiger partial charge is 0.465 e. The molecule has 5 nitrogen and oxygen atoms in total. The van der Waals surface area contributed by atoms with E-state index in [0.29, 0.717) is 18.7 Å². The number of aryl methyl sites for hydroxylation is 1. The normalized spacial score (nSPS) is 10.4. The zero-order valence-corrected chi connectivity index (χ0v) is 11.0. The number of aromatic nitrogens is 2. The molecule has 0 aliphatic carbocycles. The molecule has 0 aliphatic rings. The quantitative estimate of drug-likeness (QED) is 0.783. The van der Waals surface area contributed by atoms with E-state index >= 15 is 0 Å².